The number of methoxy groups -OCH3 is 1. The fourth-order valence-electron chi connectivity index (χ4n) is 3.40. The molecule has 0 unspecified atom stereocenters. The standard InChI is InChI=1S/C21H19ClN4O5S2/c1-31-16-4-2-3-15-19(16)20(24-25(15)12-14-7-5-13(11-23)6-8-14)26(21(27)28)33(29,30)18-10-9-17(22)32-18/h2-10H,11-12,23H2,1H3,(H,27,28). The number of nitrogens with two attached hydrogens (primary N) is 1. The topological polar surface area (TPSA) is 128 Å². The molecule has 0 saturated heterocycles. The molecule has 0 aliphatic carbocycles. The van der Waals surface area contributed by atoms with E-state index in [0.29, 0.717) is 12.1 Å². The highest BCUT2D eigenvalue weighted by molar-refractivity contribution is 7.95. The van der Waals surface area contributed by atoms with Gasteiger partial charge >= 0.3 is 6.09 Å². The van der Waals surface area contributed by atoms with Crippen molar-refractivity contribution in [2.24, 2.45) is 5.73 Å². The van der Waals surface area contributed by atoms with Crippen LogP contribution < -0.4 is 14.8 Å². The van der Waals surface area contributed by atoms with E-state index in [1.54, 1.807) is 18.2 Å². The van der Waals surface area contributed by atoms with E-state index in [2.05, 4.69) is 5.10 Å². The molecule has 2 heterocycles. The van der Waals surface area contributed by atoms with Gasteiger partial charge in [0.2, 0.25) is 0 Å². The molecule has 172 valence electrons. The first-order valence-electron chi connectivity index (χ1n) is 9.61. The van der Waals surface area contributed by atoms with E-state index < -0.39 is 16.1 Å². The average molecular weight is 507 g/mol. The van der Waals surface area contributed by atoms with E-state index in [9.17, 15) is 18.3 Å². The SMILES string of the molecule is COc1cccc2c1c(N(C(=O)O)S(=O)(=O)c1ccc(Cl)s1)nn2Cc1ccc(CN)cc1. The number of thiophene rings is 1. The Morgan fingerprint density at radius 1 is 1.18 bits per heavy atom. The smallest absolute Gasteiger partial charge is 0.427 e. The van der Waals surface area contributed by atoms with Crippen molar-refractivity contribution in [3.63, 3.8) is 0 Å². The summed E-state index contributed by atoms with van der Waals surface area (Å²) in [5, 5.41) is 14.6. The number of hydrogen-bond acceptors (Lipinski definition) is 7. The van der Waals surface area contributed by atoms with Gasteiger partial charge in [0, 0.05) is 6.54 Å². The van der Waals surface area contributed by atoms with Crippen LogP contribution in [-0.2, 0) is 23.1 Å². The number of fused-ring (bicyclic) bond motifs is 1. The summed E-state index contributed by atoms with van der Waals surface area (Å²) in [5.74, 6) is 0.0101. The predicted molar refractivity (Wildman–Crippen MR) is 127 cm³/mol. The quantitative estimate of drug-likeness (QED) is 0.385. The number of carbonyl (C=O) groups is 1. The minimum absolute atomic E-state index is 0.216. The molecule has 2 aromatic carbocycles. The Morgan fingerprint density at radius 3 is 2.45 bits per heavy atom. The van der Waals surface area contributed by atoms with Crippen molar-refractivity contribution in [1.82, 2.24) is 9.78 Å². The van der Waals surface area contributed by atoms with E-state index in [1.165, 1.54) is 23.9 Å². The number of hydrogen-bond donors (Lipinski definition) is 2. The van der Waals surface area contributed by atoms with Crippen molar-refractivity contribution in [3.8, 4) is 5.75 Å². The third-order valence-corrected chi connectivity index (χ3v) is 8.30. The van der Waals surface area contributed by atoms with Gasteiger partial charge in [0.1, 0.15) is 9.96 Å². The third-order valence-electron chi connectivity index (χ3n) is 4.94. The third kappa shape index (κ3) is 4.27. The molecule has 0 saturated carbocycles. The lowest BCUT2D eigenvalue weighted by Gasteiger charge is -2.16. The summed E-state index contributed by atoms with van der Waals surface area (Å²) in [7, 11) is -3.08. The van der Waals surface area contributed by atoms with E-state index >= 15 is 0 Å². The van der Waals surface area contributed by atoms with E-state index in [4.69, 9.17) is 22.1 Å². The summed E-state index contributed by atoms with van der Waals surface area (Å²) >= 11 is 6.66. The van der Waals surface area contributed by atoms with Crippen LogP contribution in [0.1, 0.15) is 11.1 Å². The largest absolute Gasteiger partial charge is 0.496 e. The monoisotopic (exact) mass is 506 g/mol. The molecule has 0 fully saturated rings. The van der Waals surface area contributed by atoms with Crippen molar-refractivity contribution in [2.45, 2.75) is 17.3 Å². The molecular formula is C21H19ClN4O5S2. The molecule has 2 aromatic heterocycles. The Hall–Kier alpha value is -3.12. The highest BCUT2D eigenvalue weighted by atomic mass is 35.5. The number of rotatable bonds is 7. The van der Waals surface area contributed by atoms with Crippen LogP contribution >= 0.6 is 22.9 Å². The second-order valence-electron chi connectivity index (χ2n) is 6.97. The molecule has 0 bridgehead atoms. The fraction of sp³-hybridized carbons (Fsp3) is 0.143. The zero-order valence-electron chi connectivity index (χ0n) is 17.3. The van der Waals surface area contributed by atoms with Gasteiger partial charge in [0.15, 0.2) is 5.82 Å². The van der Waals surface area contributed by atoms with Gasteiger partial charge in [0.25, 0.3) is 10.0 Å². The highest BCUT2D eigenvalue weighted by Crippen LogP contribution is 2.38. The minimum Gasteiger partial charge on any atom is -0.496 e. The maximum Gasteiger partial charge on any atom is 0.427 e. The number of aromatic nitrogens is 2. The molecule has 0 atom stereocenters. The van der Waals surface area contributed by atoms with Crippen molar-refractivity contribution in [2.75, 3.05) is 11.4 Å². The number of benzene rings is 2. The molecular weight excluding hydrogens is 488 g/mol. The molecule has 0 spiro atoms. The van der Waals surface area contributed by atoms with Gasteiger partial charge in [-0.15, -0.1) is 15.6 Å². The molecule has 0 radical (unpaired) electrons. The number of halogens is 1. The molecule has 12 heteroatoms. The fourth-order valence-corrected chi connectivity index (χ4v) is 6.21. The second kappa shape index (κ2) is 9.02. The molecule has 4 rings (SSSR count). The summed E-state index contributed by atoms with van der Waals surface area (Å²) in [4.78, 5) is 12.2. The first-order valence-corrected chi connectivity index (χ1v) is 12.2. The number of nitrogens with zero attached hydrogens (tertiary/aromatic N) is 3. The Labute approximate surface area is 198 Å². The van der Waals surface area contributed by atoms with Gasteiger partial charge < -0.3 is 15.6 Å². The molecule has 3 N–H and O–H groups in total. The van der Waals surface area contributed by atoms with Crippen LogP contribution in [-0.4, -0.2) is 36.5 Å². The van der Waals surface area contributed by atoms with E-state index in [0.717, 1.165) is 22.5 Å². The van der Waals surface area contributed by atoms with Gasteiger partial charge in [0.05, 0.1) is 28.9 Å². The molecule has 33 heavy (non-hydrogen) atoms. The van der Waals surface area contributed by atoms with Gasteiger partial charge in [-0.05, 0) is 35.4 Å². The van der Waals surface area contributed by atoms with Gasteiger partial charge in [-0.3, -0.25) is 4.68 Å². The predicted octanol–water partition coefficient (Wildman–Crippen LogP) is 4.14. The van der Waals surface area contributed by atoms with Crippen LogP contribution in [0.2, 0.25) is 4.34 Å². The van der Waals surface area contributed by atoms with E-state index in [-0.39, 0.29) is 36.3 Å². The lowest BCUT2D eigenvalue weighted by Crippen LogP contribution is -2.36. The van der Waals surface area contributed by atoms with Crippen molar-refractivity contribution < 1.29 is 23.1 Å². The van der Waals surface area contributed by atoms with Gasteiger partial charge in [-0.1, -0.05) is 41.9 Å². The Kier molecular flexibility index (Phi) is 6.30. The van der Waals surface area contributed by atoms with Crippen LogP contribution in [0.25, 0.3) is 10.9 Å². The summed E-state index contributed by atoms with van der Waals surface area (Å²) < 4.78 is 33.7. The maximum atomic E-state index is 13.3. The van der Waals surface area contributed by atoms with Crippen LogP contribution in [0.3, 0.4) is 0 Å². The molecule has 9 nitrogen and oxygen atoms in total. The first kappa shape index (κ1) is 23.1. The Balaban J connectivity index is 1.91. The van der Waals surface area contributed by atoms with Crippen LogP contribution in [0, 0.1) is 0 Å². The summed E-state index contributed by atoms with van der Waals surface area (Å²) in [6.07, 6.45) is -1.70. The average Bonchev–Trinajstić information content (AvgIpc) is 3.38. The van der Waals surface area contributed by atoms with E-state index in [1.807, 2.05) is 24.3 Å². The lowest BCUT2D eigenvalue weighted by molar-refractivity contribution is 0.206. The molecule has 1 amide bonds. The number of sulfonamides is 1. The van der Waals surface area contributed by atoms with Crippen LogP contribution in [0.15, 0.2) is 58.8 Å². The second-order valence-corrected chi connectivity index (χ2v) is 10.7. The number of amides is 1. The maximum absolute atomic E-state index is 13.3. The lowest BCUT2D eigenvalue weighted by atomic mass is 10.1. The molecule has 4 aromatic rings. The van der Waals surface area contributed by atoms with Crippen molar-refractivity contribution >= 4 is 55.8 Å². The number of carboxylic acid groups (broad SMARTS) is 1. The van der Waals surface area contributed by atoms with Gasteiger partial charge in [-0.2, -0.15) is 13.5 Å². The zero-order valence-corrected chi connectivity index (χ0v) is 19.7. The Bertz CT molecular complexity index is 1430. The number of anilines is 1. The molecule has 0 aliphatic heterocycles. The Morgan fingerprint density at radius 2 is 1.88 bits per heavy atom. The summed E-state index contributed by atoms with van der Waals surface area (Å²) in [6.45, 7) is 0.678. The summed E-state index contributed by atoms with van der Waals surface area (Å²) in [5.41, 5.74) is 8.01. The van der Waals surface area contributed by atoms with Crippen molar-refractivity contribution in [3.05, 3.63) is 70.1 Å². The van der Waals surface area contributed by atoms with Gasteiger partial charge in [-0.25, -0.2) is 4.79 Å². The summed E-state index contributed by atoms with van der Waals surface area (Å²) in [6, 6.07) is 15.2. The first-order chi connectivity index (χ1) is 15.8. The zero-order chi connectivity index (χ0) is 23.8. The molecule has 0 aliphatic rings. The highest BCUT2D eigenvalue weighted by Gasteiger charge is 2.36. The van der Waals surface area contributed by atoms with Crippen molar-refractivity contribution in [1.29, 1.82) is 0 Å². The van der Waals surface area contributed by atoms with Crippen LogP contribution in [0.5, 0.6) is 5.75 Å². The van der Waals surface area contributed by atoms with Crippen LogP contribution in [0.4, 0.5) is 10.6 Å². The minimum atomic E-state index is -4.49. The normalized spacial score (nSPS) is 11.6. The number of ether oxygens (including phenoxy) is 1.